The number of rotatable bonds is 3. The zero-order chi connectivity index (χ0) is 12.4. The first-order valence-electron chi connectivity index (χ1n) is 6.06. The molecule has 0 fully saturated rings. The second kappa shape index (κ2) is 4.88. The first-order chi connectivity index (χ1) is 8.06. The van der Waals surface area contributed by atoms with E-state index in [2.05, 4.69) is 19.0 Å². The minimum absolute atomic E-state index is 0.411. The summed E-state index contributed by atoms with van der Waals surface area (Å²) in [5, 5.41) is 8.99. The Hall–Kier alpha value is -1.35. The fourth-order valence-electron chi connectivity index (χ4n) is 2.64. The van der Waals surface area contributed by atoms with Crippen LogP contribution in [0.1, 0.15) is 27.9 Å². The Balaban J connectivity index is 2.17. The molecule has 0 spiro atoms. The zero-order valence-electron chi connectivity index (χ0n) is 10.4. The molecule has 0 saturated heterocycles. The van der Waals surface area contributed by atoms with Gasteiger partial charge in [-0.15, -0.1) is 0 Å². The molecule has 1 aromatic carbocycles. The van der Waals surface area contributed by atoms with Crippen LogP contribution in [0.5, 0.6) is 0 Å². The van der Waals surface area contributed by atoms with E-state index in [-0.39, 0.29) is 0 Å². The smallest absolute Gasteiger partial charge is 0.335 e. The molecular weight excluding hydrogens is 214 g/mol. The van der Waals surface area contributed by atoms with Crippen LogP contribution < -0.4 is 0 Å². The van der Waals surface area contributed by atoms with E-state index in [0.29, 0.717) is 11.5 Å². The van der Waals surface area contributed by atoms with Gasteiger partial charge >= 0.3 is 5.97 Å². The molecule has 1 aliphatic rings. The SMILES string of the molecule is CN(C)CC1CCc2ccc(C(=O)O)cc2C1. The lowest BCUT2D eigenvalue weighted by Gasteiger charge is -2.27. The van der Waals surface area contributed by atoms with Gasteiger partial charge in [-0.1, -0.05) is 6.07 Å². The average molecular weight is 233 g/mol. The van der Waals surface area contributed by atoms with Crippen molar-refractivity contribution in [2.24, 2.45) is 5.92 Å². The molecule has 0 heterocycles. The van der Waals surface area contributed by atoms with E-state index in [1.165, 1.54) is 17.5 Å². The van der Waals surface area contributed by atoms with E-state index in [9.17, 15) is 4.79 Å². The lowest BCUT2D eigenvalue weighted by molar-refractivity contribution is 0.0696. The van der Waals surface area contributed by atoms with Crippen molar-refractivity contribution in [3.63, 3.8) is 0 Å². The molecular formula is C14H19NO2. The highest BCUT2D eigenvalue weighted by atomic mass is 16.4. The van der Waals surface area contributed by atoms with Crippen molar-refractivity contribution in [1.82, 2.24) is 4.90 Å². The fraction of sp³-hybridized carbons (Fsp3) is 0.500. The molecule has 0 aliphatic heterocycles. The number of benzene rings is 1. The predicted octanol–water partition coefficient (Wildman–Crippen LogP) is 2.05. The molecule has 1 atom stereocenters. The van der Waals surface area contributed by atoms with Crippen LogP contribution in [0.2, 0.25) is 0 Å². The predicted molar refractivity (Wildman–Crippen MR) is 67.5 cm³/mol. The lowest BCUT2D eigenvalue weighted by Crippen LogP contribution is -2.26. The highest BCUT2D eigenvalue weighted by molar-refractivity contribution is 5.87. The van der Waals surface area contributed by atoms with Crippen LogP contribution >= 0.6 is 0 Å². The molecule has 92 valence electrons. The quantitative estimate of drug-likeness (QED) is 0.868. The summed E-state index contributed by atoms with van der Waals surface area (Å²) >= 11 is 0. The largest absolute Gasteiger partial charge is 0.478 e. The van der Waals surface area contributed by atoms with Crippen LogP contribution in [0.4, 0.5) is 0 Å². The number of fused-ring (bicyclic) bond motifs is 1. The number of carboxylic acid groups (broad SMARTS) is 1. The lowest BCUT2D eigenvalue weighted by atomic mass is 9.83. The van der Waals surface area contributed by atoms with Gasteiger partial charge in [0.05, 0.1) is 5.56 Å². The Labute approximate surface area is 102 Å². The number of hydrogen-bond donors (Lipinski definition) is 1. The van der Waals surface area contributed by atoms with E-state index in [1.54, 1.807) is 6.07 Å². The Morgan fingerprint density at radius 3 is 2.82 bits per heavy atom. The number of aryl methyl sites for hydroxylation is 1. The van der Waals surface area contributed by atoms with Crippen LogP contribution in [0.25, 0.3) is 0 Å². The molecule has 1 aromatic rings. The van der Waals surface area contributed by atoms with Gasteiger partial charge in [-0.25, -0.2) is 4.79 Å². The third-order valence-corrected chi connectivity index (χ3v) is 3.41. The normalized spacial score (nSPS) is 19.1. The molecule has 1 aliphatic carbocycles. The molecule has 1 N–H and O–H groups in total. The van der Waals surface area contributed by atoms with Crippen LogP contribution in [0, 0.1) is 5.92 Å². The molecule has 1 unspecified atom stereocenters. The molecule has 0 radical (unpaired) electrons. The molecule has 0 aromatic heterocycles. The summed E-state index contributed by atoms with van der Waals surface area (Å²) in [6.07, 6.45) is 3.29. The highest BCUT2D eigenvalue weighted by Gasteiger charge is 2.20. The van der Waals surface area contributed by atoms with Crippen LogP contribution in [-0.2, 0) is 12.8 Å². The maximum Gasteiger partial charge on any atom is 0.335 e. The van der Waals surface area contributed by atoms with E-state index >= 15 is 0 Å². The summed E-state index contributed by atoms with van der Waals surface area (Å²) < 4.78 is 0. The highest BCUT2D eigenvalue weighted by Crippen LogP contribution is 2.26. The number of carboxylic acids is 1. The maximum absolute atomic E-state index is 10.9. The van der Waals surface area contributed by atoms with E-state index in [1.807, 2.05) is 12.1 Å². The van der Waals surface area contributed by atoms with Gasteiger partial charge in [0.2, 0.25) is 0 Å². The van der Waals surface area contributed by atoms with Crippen molar-refractivity contribution in [1.29, 1.82) is 0 Å². The fourth-order valence-corrected chi connectivity index (χ4v) is 2.64. The van der Waals surface area contributed by atoms with Gasteiger partial charge in [-0.3, -0.25) is 0 Å². The molecule has 3 nitrogen and oxygen atoms in total. The van der Waals surface area contributed by atoms with E-state index in [4.69, 9.17) is 5.11 Å². The van der Waals surface area contributed by atoms with Gasteiger partial charge in [0.25, 0.3) is 0 Å². The van der Waals surface area contributed by atoms with Gasteiger partial charge in [-0.05, 0) is 62.5 Å². The monoisotopic (exact) mass is 233 g/mol. The number of nitrogens with zero attached hydrogens (tertiary/aromatic N) is 1. The van der Waals surface area contributed by atoms with Crippen molar-refractivity contribution in [2.45, 2.75) is 19.3 Å². The topological polar surface area (TPSA) is 40.5 Å². The third-order valence-electron chi connectivity index (χ3n) is 3.41. The minimum atomic E-state index is -0.831. The summed E-state index contributed by atoms with van der Waals surface area (Å²) in [6, 6.07) is 5.54. The van der Waals surface area contributed by atoms with Gasteiger partial charge in [0, 0.05) is 6.54 Å². The number of aromatic carboxylic acids is 1. The van der Waals surface area contributed by atoms with Gasteiger partial charge in [0.15, 0.2) is 0 Å². The van der Waals surface area contributed by atoms with Crippen molar-refractivity contribution in [3.8, 4) is 0 Å². The first kappa shape index (κ1) is 12.1. The molecule has 2 rings (SSSR count). The second-order valence-electron chi connectivity index (χ2n) is 5.16. The molecule has 17 heavy (non-hydrogen) atoms. The Morgan fingerprint density at radius 1 is 1.41 bits per heavy atom. The average Bonchev–Trinajstić information content (AvgIpc) is 2.27. The third kappa shape index (κ3) is 2.86. The van der Waals surface area contributed by atoms with Crippen molar-refractivity contribution in [2.75, 3.05) is 20.6 Å². The standard InChI is InChI=1S/C14H19NO2/c1-15(2)9-10-3-4-11-5-6-12(14(16)17)8-13(11)7-10/h5-6,8,10H,3-4,7,9H2,1-2H3,(H,16,17). The molecule has 0 bridgehead atoms. The molecule has 0 saturated carbocycles. The van der Waals surface area contributed by atoms with Crippen molar-refractivity contribution < 1.29 is 9.90 Å². The minimum Gasteiger partial charge on any atom is -0.478 e. The van der Waals surface area contributed by atoms with Gasteiger partial charge in [0.1, 0.15) is 0 Å². The van der Waals surface area contributed by atoms with Crippen molar-refractivity contribution >= 4 is 5.97 Å². The van der Waals surface area contributed by atoms with E-state index < -0.39 is 5.97 Å². The van der Waals surface area contributed by atoms with Crippen LogP contribution in [-0.4, -0.2) is 36.6 Å². The van der Waals surface area contributed by atoms with Crippen LogP contribution in [0.3, 0.4) is 0 Å². The second-order valence-corrected chi connectivity index (χ2v) is 5.16. The van der Waals surface area contributed by atoms with Gasteiger partial charge < -0.3 is 10.0 Å². The van der Waals surface area contributed by atoms with Crippen molar-refractivity contribution in [3.05, 3.63) is 34.9 Å². The Morgan fingerprint density at radius 2 is 2.18 bits per heavy atom. The summed E-state index contributed by atoms with van der Waals surface area (Å²) in [5.41, 5.74) is 2.96. The van der Waals surface area contributed by atoms with E-state index in [0.717, 1.165) is 19.4 Å². The number of carbonyl (C=O) groups is 1. The molecule has 0 amide bonds. The Kier molecular flexibility index (Phi) is 3.48. The zero-order valence-corrected chi connectivity index (χ0v) is 10.4. The van der Waals surface area contributed by atoms with Gasteiger partial charge in [-0.2, -0.15) is 0 Å². The Bertz CT molecular complexity index is 426. The number of hydrogen-bond acceptors (Lipinski definition) is 2. The first-order valence-corrected chi connectivity index (χ1v) is 6.06. The maximum atomic E-state index is 10.9. The summed E-state index contributed by atoms with van der Waals surface area (Å²) in [4.78, 5) is 13.1. The van der Waals surface area contributed by atoms with Crippen LogP contribution in [0.15, 0.2) is 18.2 Å². The molecule has 3 heteroatoms. The summed E-state index contributed by atoms with van der Waals surface area (Å²) in [6.45, 7) is 1.08. The summed E-state index contributed by atoms with van der Waals surface area (Å²) in [7, 11) is 4.17. The summed E-state index contributed by atoms with van der Waals surface area (Å²) in [5.74, 6) is -0.177.